The Hall–Kier alpha value is -4.80. The first-order valence-corrected chi connectivity index (χ1v) is 15.3. The fraction of sp³-hybridized carbons (Fsp3) is 0.412. The zero-order chi connectivity index (χ0) is 32.3. The maximum absolute atomic E-state index is 14.0. The van der Waals surface area contributed by atoms with Crippen LogP contribution in [0.2, 0.25) is 0 Å². The third kappa shape index (κ3) is 9.34. The Morgan fingerprint density at radius 1 is 1.00 bits per heavy atom. The van der Waals surface area contributed by atoms with Gasteiger partial charge in [-0.2, -0.15) is 0 Å². The molecule has 0 radical (unpaired) electrons. The first kappa shape index (κ1) is 33.1. The minimum atomic E-state index is -0.919. The summed E-state index contributed by atoms with van der Waals surface area (Å²) >= 11 is 0. The first-order chi connectivity index (χ1) is 21.7. The number of aromatic amines is 1. The number of benzene rings is 2. The number of fused-ring (bicyclic) bond motifs is 2. The van der Waals surface area contributed by atoms with Crippen LogP contribution in [-0.2, 0) is 22.4 Å². The summed E-state index contributed by atoms with van der Waals surface area (Å²) in [7, 11) is 3.15. The quantitative estimate of drug-likeness (QED) is 0.321. The van der Waals surface area contributed by atoms with E-state index in [1.54, 1.807) is 62.9 Å². The van der Waals surface area contributed by atoms with Gasteiger partial charge < -0.3 is 35.3 Å². The van der Waals surface area contributed by atoms with Gasteiger partial charge in [-0.05, 0) is 78.8 Å². The van der Waals surface area contributed by atoms with Crippen LogP contribution in [0.1, 0.15) is 58.7 Å². The van der Waals surface area contributed by atoms with E-state index in [-0.39, 0.29) is 43.1 Å². The van der Waals surface area contributed by atoms with Crippen LogP contribution in [0.25, 0.3) is 0 Å². The molecular formula is C34H43N5O6. The van der Waals surface area contributed by atoms with Gasteiger partial charge in [-0.25, -0.2) is 0 Å². The Labute approximate surface area is 264 Å². The largest absolute Gasteiger partial charge is 0.497 e. The summed E-state index contributed by atoms with van der Waals surface area (Å²) < 4.78 is 10.8. The first-order valence-electron chi connectivity index (χ1n) is 15.3. The maximum atomic E-state index is 14.0. The molecule has 0 unspecified atom stereocenters. The summed E-state index contributed by atoms with van der Waals surface area (Å²) in [5.41, 5.74) is 2.38. The number of rotatable bonds is 7. The van der Waals surface area contributed by atoms with Gasteiger partial charge in [-0.1, -0.05) is 26.0 Å². The lowest BCUT2D eigenvalue weighted by Gasteiger charge is -2.30. The van der Waals surface area contributed by atoms with Crippen molar-refractivity contribution in [3.05, 3.63) is 83.2 Å². The Kier molecular flexibility index (Phi) is 11.6. The standard InChI is InChI=1S/C34H43N5O6/c1-22(2)17-26-20-39(34(43)28-8-6-15-35-28)21-31(40)36-16-5-7-24-19-25(11-14-30(24)45-4)32(41)38-29(33(42)37-26)18-23-9-12-27(44-3)13-10-23/h6,8-15,19,22,26,29,35H,5,7,16-18,20-21H2,1-4H3,(H,36,40)(H,37,42)(H,38,41)/t26-,29-/m0/s1. The summed E-state index contributed by atoms with van der Waals surface area (Å²) in [6, 6.07) is 14.5. The molecule has 0 saturated heterocycles. The number of H-pyrrole nitrogens is 1. The van der Waals surface area contributed by atoms with Crippen LogP contribution in [0.3, 0.4) is 0 Å². The highest BCUT2D eigenvalue weighted by Gasteiger charge is 2.29. The van der Waals surface area contributed by atoms with Crippen LogP contribution >= 0.6 is 0 Å². The molecule has 2 bridgehead atoms. The van der Waals surface area contributed by atoms with Gasteiger partial charge in [0, 0.05) is 37.3 Å². The third-order valence-corrected chi connectivity index (χ3v) is 7.70. The number of carbonyl (C=O) groups excluding carboxylic acids is 4. The molecule has 1 aromatic heterocycles. The minimum Gasteiger partial charge on any atom is -0.497 e. The second kappa shape index (κ2) is 15.8. The smallest absolute Gasteiger partial charge is 0.270 e. The van der Waals surface area contributed by atoms with Gasteiger partial charge >= 0.3 is 0 Å². The van der Waals surface area contributed by atoms with Gasteiger partial charge in [0.15, 0.2) is 0 Å². The summed E-state index contributed by atoms with van der Waals surface area (Å²) in [6.07, 6.45) is 3.56. The number of amides is 4. The summed E-state index contributed by atoms with van der Waals surface area (Å²) in [6.45, 7) is 4.36. The van der Waals surface area contributed by atoms with Crippen LogP contribution in [0, 0.1) is 5.92 Å². The maximum Gasteiger partial charge on any atom is 0.270 e. The van der Waals surface area contributed by atoms with Gasteiger partial charge in [0.2, 0.25) is 11.8 Å². The highest BCUT2D eigenvalue weighted by Crippen LogP contribution is 2.22. The lowest BCUT2D eigenvalue weighted by molar-refractivity contribution is -0.123. The van der Waals surface area contributed by atoms with Crippen molar-refractivity contribution in [1.29, 1.82) is 0 Å². The van der Waals surface area contributed by atoms with Crippen LogP contribution in [0.5, 0.6) is 11.5 Å². The number of hydrogen-bond donors (Lipinski definition) is 4. The van der Waals surface area contributed by atoms with Crippen molar-refractivity contribution in [3.8, 4) is 11.5 Å². The highest BCUT2D eigenvalue weighted by molar-refractivity contribution is 5.98. The molecule has 1 aliphatic heterocycles. The normalized spacial score (nSPS) is 18.4. The fourth-order valence-electron chi connectivity index (χ4n) is 5.47. The van der Waals surface area contributed by atoms with Gasteiger partial charge in [0.1, 0.15) is 23.2 Å². The molecule has 4 N–H and O–H groups in total. The van der Waals surface area contributed by atoms with E-state index in [2.05, 4.69) is 20.9 Å². The third-order valence-electron chi connectivity index (χ3n) is 7.70. The van der Waals surface area contributed by atoms with Crippen molar-refractivity contribution in [2.24, 2.45) is 5.92 Å². The van der Waals surface area contributed by atoms with Crippen molar-refractivity contribution in [3.63, 3.8) is 0 Å². The number of carbonyl (C=O) groups is 4. The van der Waals surface area contributed by atoms with Gasteiger partial charge in [0.05, 0.1) is 20.8 Å². The van der Waals surface area contributed by atoms with E-state index < -0.39 is 18.0 Å². The Morgan fingerprint density at radius 2 is 1.78 bits per heavy atom. The van der Waals surface area contributed by atoms with Crippen molar-refractivity contribution < 1.29 is 28.7 Å². The van der Waals surface area contributed by atoms with Crippen molar-refractivity contribution in [2.45, 2.75) is 51.6 Å². The molecule has 1 aliphatic rings. The van der Waals surface area contributed by atoms with E-state index in [1.807, 2.05) is 26.0 Å². The Balaban J connectivity index is 1.69. The molecule has 11 heteroatoms. The Morgan fingerprint density at radius 3 is 2.44 bits per heavy atom. The van der Waals surface area contributed by atoms with Crippen molar-refractivity contribution in [2.75, 3.05) is 33.9 Å². The zero-order valence-corrected chi connectivity index (χ0v) is 26.4. The lowest BCUT2D eigenvalue weighted by Crippen LogP contribution is -2.54. The van der Waals surface area contributed by atoms with E-state index in [4.69, 9.17) is 9.47 Å². The number of hydrogen-bond acceptors (Lipinski definition) is 6. The molecule has 4 rings (SSSR count). The van der Waals surface area contributed by atoms with E-state index in [9.17, 15) is 19.2 Å². The van der Waals surface area contributed by atoms with E-state index in [0.717, 1.165) is 11.1 Å². The molecule has 0 spiro atoms. The number of nitrogens with one attached hydrogen (secondary N) is 4. The molecule has 240 valence electrons. The predicted molar refractivity (Wildman–Crippen MR) is 170 cm³/mol. The number of aryl methyl sites for hydroxylation is 1. The van der Waals surface area contributed by atoms with Crippen LogP contribution in [0.15, 0.2) is 60.8 Å². The van der Waals surface area contributed by atoms with Gasteiger partial charge in [0.25, 0.3) is 11.8 Å². The van der Waals surface area contributed by atoms with Crippen molar-refractivity contribution in [1.82, 2.24) is 25.8 Å². The minimum absolute atomic E-state index is 0.108. The molecule has 11 nitrogen and oxygen atoms in total. The number of aromatic nitrogens is 1. The van der Waals surface area contributed by atoms with Crippen molar-refractivity contribution >= 4 is 23.6 Å². The topological polar surface area (TPSA) is 142 Å². The zero-order valence-electron chi connectivity index (χ0n) is 26.4. The molecule has 2 heterocycles. The lowest BCUT2D eigenvalue weighted by atomic mass is 10.0. The van der Waals surface area contributed by atoms with Crippen LogP contribution in [0.4, 0.5) is 0 Å². The molecule has 2 atom stereocenters. The molecule has 0 saturated carbocycles. The molecular weight excluding hydrogens is 574 g/mol. The molecule has 4 amide bonds. The average Bonchev–Trinajstić information content (AvgIpc) is 3.57. The van der Waals surface area contributed by atoms with Crippen LogP contribution < -0.4 is 25.4 Å². The van der Waals surface area contributed by atoms with E-state index >= 15 is 0 Å². The summed E-state index contributed by atoms with van der Waals surface area (Å²) in [5.74, 6) is 0.0489. The second-order valence-corrected chi connectivity index (χ2v) is 11.7. The van der Waals surface area contributed by atoms with E-state index in [1.165, 1.54) is 4.90 Å². The molecule has 45 heavy (non-hydrogen) atoms. The Bertz CT molecular complexity index is 1450. The fourth-order valence-corrected chi connectivity index (χ4v) is 5.47. The summed E-state index contributed by atoms with van der Waals surface area (Å²) in [5, 5.41) is 8.95. The molecule has 3 aromatic rings. The monoisotopic (exact) mass is 617 g/mol. The van der Waals surface area contributed by atoms with Gasteiger partial charge in [-0.3, -0.25) is 19.2 Å². The second-order valence-electron chi connectivity index (χ2n) is 11.7. The molecule has 2 aromatic carbocycles. The summed E-state index contributed by atoms with van der Waals surface area (Å²) in [4.78, 5) is 58.5. The highest BCUT2D eigenvalue weighted by atomic mass is 16.5. The SMILES string of the molecule is COc1ccc(C[C@@H]2NC(=O)c3ccc(OC)c(c3)CCCNC(=O)CN(C(=O)c3ccc[nH]3)C[C@H](CC(C)C)NC2=O)cc1. The number of nitrogens with zero attached hydrogens (tertiary/aromatic N) is 1. The van der Waals surface area contributed by atoms with E-state index in [0.29, 0.717) is 48.6 Å². The predicted octanol–water partition coefficient (Wildman–Crippen LogP) is 3.11. The molecule has 0 aliphatic carbocycles. The number of methoxy groups -OCH3 is 2. The average molecular weight is 618 g/mol. The number of ether oxygens (including phenoxy) is 2. The van der Waals surface area contributed by atoms with Gasteiger partial charge in [-0.15, -0.1) is 0 Å². The van der Waals surface area contributed by atoms with Crippen LogP contribution in [-0.4, -0.2) is 79.5 Å². The molecule has 0 fully saturated rings.